The van der Waals surface area contributed by atoms with E-state index >= 15 is 0 Å². The third-order valence-corrected chi connectivity index (χ3v) is 6.40. The van der Waals surface area contributed by atoms with Crippen molar-refractivity contribution in [3.8, 4) is 16.3 Å². The Morgan fingerprint density at radius 2 is 2.00 bits per heavy atom. The van der Waals surface area contributed by atoms with E-state index in [0.29, 0.717) is 23.7 Å². The lowest BCUT2D eigenvalue weighted by Crippen LogP contribution is -2.53. The molecule has 0 bridgehead atoms. The number of carbonyl (C=O) groups is 1. The highest BCUT2D eigenvalue weighted by molar-refractivity contribution is 7.14. The summed E-state index contributed by atoms with van der Waals surface area (Å²) in [5, 5.41) is 19.5. The average Bonchev–Trinajstić information content (AvgIpc) is 3.21. The van der Waals surface area contributed by atoms with Crippen LogP contribution in [0.25, 0.3) is 10.6 Å². The molecule has 0 radical (unpaired) electrons. The zero-order chi connectivity index (χ0) is 23.9. The van der Waals surface area contributed by atoms with Crippen LogP contribution >= 0.6 is 11.3 Å². The fourth-order valence-corrected chi connectivity index (χ4v) is 4.89. The van der Waals surface area contributed by atoms with Gasteiger partial charge in [0.1, 0.15) is 5.01 Å². The second kappa shape index (κ2) is 8.99. The maximum Gasteiger partial charge on any atom is 0.275 e. The third-order valence-electron chi connectivity index (χ3n) is 5.45. The van der Waals surface area contributed by atoms with E-state index in [4.69, 9.17) is 4.74 Å². The number of aromatic nitrogens is 3. The predicted molar refractivity (Wildman–Crippen MR) is 117 cm³/mol. The number of hydrogen-bond acceptors (Lipinski definition) is 7. The zero-order valence-corrected chi connectivity index (χ0v) is 19.0. The number of aromatic hydroxyl groups is 1. The monoisotopic (exact) mass is 476 g/mol. The number of halogens is 2. The van der Waals surface area contributed by atoms with Crippen LogP contribution < -0.4 is 5.43 Å². The molecular formula is C22H22F2N4O4S. The fourth-order valence-electron chi connectivity index (χ4n) is 4.01. The smallest absolute Gasteiger partial charge is 0.275 e. The first kappa shape index (κ1) is 23.0. The molecule has 0 saturated carbocycles. The summed E-state index contributed by atoms with van der Waals surface area (Å²) in [7, 11) is 1.54. The fraction of sp³-hybridized carbons (Fsp3) is 0.364. The van der Waals surface area contributed by atoms with Gasteiger partial charge in [0.05, 0.1) is 18.2 Å². The molecule has 1 amide bonds. The van der Waals surface area contributed by atoms with Gasteiger partial charge in [-0.2, -0.15) is 0 Å². The van der Waals surface area contributed by atoms with E-state index < -0.39 is 28.7 Å². The van der Waals surface area contributed by atoms with Gasteiger partial charge in [-0.1, -0.05) is 17.4 Å². The van der Waals surface area contributed by atoms with Gasteiger partial charge in [-0.05, 0) is 31.5 Å². The van der Waals surface area contributed by atoms with Crippen molar-refractivity contribution in [2.75, 3.05) is 13.7 Å². The lowest BCUT2D eigenvalue weighted by molar-refractivity contribution is 0.0307. The van der Waals surface area contributed by atoms with Crippen molar-refractivity contribution < 1.29 is 23.4 Å². The van der Waals surface area contributed by atoms with Crippen molar-refractivity contribution in [2.45, 2.75) is 38.9 Å². The Balaban J connectivity index is 1.70. The van der Waals surface area contributed by atoms with Crippen LogP contribution in [0, 0.1) is 11.6 Å². The lowest BCUT2D eigenvalue weighted by atomic mass is 10.1. The molecule has 2 aromatic heterocycles. The first-order valence-electron chi connectivity index (χ1n) is 10.3. The molecule has 33 heavy (non-hydrogen) atoms. The van der Waals surface area contributed by atoms with Crippen LogP contribution in [0.15, 0.2) is 29.2 Å². The molecule has 0 saturated heterocycles. The molecule has 4 rings (SSSR count). The second-order valence-corrected chi connectivity index (χ2v) is 9.13. The number of methoxy groups -OCH3 is 1. The van der Waals surface area contributed by atoms with Gasteiger partial charge in [0, 0.05) is 32.3 Å². The molecule has 3 heterocycles. The molecule has 0 aliphatic carbocycles. The number of carbonyl (C=O) groups excluding carboxylic acids is 1. The van der Waals surface area contributed by atoms with Gasteiger partial charge < -0.3 is 19.3 Å². The summed E-state index contributed by atoms with van der Waals surface area (Å²) in [6.45, 7) is 4.34. The first-order chi connectivity index (χ1) is 15.7. The van der Waals surface area contributed by atoms with Crippen LogP contribution in [0.2, 0.25) is 0 Å². The Labute approximate surface area is 192 Å². The van der Waals surface area contributed by atoms with E-state index in [2.05, 4.69) is 10.2 Å². The maximum atomic E-state index is 13.5. The molecule has 11 heteroatoms. The minimum absolute atomic E-state index is 0.0728. The van der Waals surface area contributed by atoms with Crippen molar-refractivity contribution in [3.05, 3.63) is 62.5 Å². The van der Waals surface area contributed by atoms with Crippen LogP contribution in [0.5, 0.6) is 5.75 Å². The number of hydrogen-bond donors (Lipinski definition) is 1. The summed E-state index contributed by atoms with van der Waals surface area (Å²) in [6.07, 6.45) is 1.70. The molecule has 1 aliphatic rings. The van der Waals surface area contributed by atoms with Gasteiger partial charge in [0.25, 0.3) is 5.91 Å². The molecule has 1 N–H and O–H groups in total. The van der Waals surface area contributed by atoms with Crippen molar-refractivity contribution in [3.63, 3.8) is 0 Å². The van der Waals surface area contributed by atoms with Gasteiger partial charge in [-0.3, -0.25) is 9.59 Å². The molecule has 1 aliphatic heterocycles. The summed E-state index contributed by atoms with van der Waals surface area (Å²) >= 11 is 1.10. The number of rotatable bonds is 6. The minimum atomic E-state index is -0.958. The van der Waals surface area contributed by atoms with Gasteiger partial charge >= 0.3 is 0 Å². The summed E-state index contributed by atoms with van der Waals surface area (Å²) in [5.41, 5.74) is -0.189. The molecule has 3 aromatic rings. The zero-order valence-electron chi connectivity index (χ0n) is 18.2. The van der Waals surface area contributed by atoms with Crippen molar-refractivity contribution >= 4 is 17.2 Å². The Hall–Kier alpha value is -3.18. The van der Waals surface area contributed by atoms with Crippen LogP contribution in [-0.2, 0) is 17.7 Å². The number of benzene rings is 1. The van der Waals surface area contributed by atoms with E-state index in [1.165, 1.54) is 12.3 Å². The number of amides is 1. The van der Waals surface area contributed by atoms with E-state index in [1.807, 2.05) is 13.8 Å². The standard InChI is InChI=1S/C22H22F2N4O4S/c1-11(2)28-13(10-32-3)8-27-9-14(19(29)20(30)18(27)22(28)31)21-26-25-17(33-21)7-12-4-5-15(23)16(24)6-12/h4-6,9,11,13,30H,7-8,10H2,1-3H3/t13-/m0/s1. The molecule has 1 atom stereocenters. The van der Waals surface area contributed by atoms with Gasteiger partial charge in [0.15, 0.2) is 28.1 Å². The van der Waals surface area contributed by atoms with Crippen molar-refractivity contribution in [1.82, 2.24) is 19.7 Å². The molecular weight excluding hydrogens is 454 g/mol. The summed E-state index contributed by atoms with van der Waals surface area (Å²) in [6, 6.07) is 3.14. The summed E-state index contributed by atoms with van der Waals surface area (Å²) in [5.74, 6) is -2.99. The first-order valence-corrected chi connectivity index (χ1v) is 11.1. The lowest BCUT2D eigenvalue weighted by Gasteiger charge is -2.40. The number of fused-ring (bicyclic) bond motifs is 1. The molecule has 174 valence electrons. The predicted octanol–water partition coefficient (Wildman–Crippen LogP) is 2.82. The van der Waals surface area contributed by atoms with Crippen LogP contribution in [0.1, 0.15) is 34.9 Å². The third kappa shape index (κ3) is 4.25. The second-order valence-electron chi connectivity index (χ2n) is 8.06. The number of nitrogens with zero attached hydrogens (tertiary/aromatic N) is 4. The number of ether oxygens (including phenoxy) is 1. The topological polar surface area (TPSA) is 97.5 Å². The summed E-state index contributed by atoms with van der Waals surface area (Å²) < 4.78 is 33.5. The normalized spacial score (nSPS) is 15.9. The van der Waals surface area contributed by atoms with Gasteiger partial charge in [-0.15, -0.1) is 10.2 Å². The summed E-state index contributed by atoms with van der Waals surface area (Å²) in [4.78, 5) is 27.6. The van der Waals surface area contributed by atoms with Crippen LogP contribution in [0.4, 0.5) is 8.78 Å². The Bertz CT molecular complexity index is 1270. The van der Waals surface area contributed by atoms with Crippen LogP contribution in [0.3, 0.4) is 0 Å². The molecule has 1 aromatic carbocycles. The highest BCUT2D eigenvalue weighted by Gasteiger charge is 2.37. The quantitative estimate of drug-likeness (QED) is 0.588. The Morgan fingerprint density at radius 3 is 2.67 bits per heavy atom. The van der Waals surface area contributed by atoms with Gasteiger partial charge in [-0.25, -0.2) is 8.78 Å². The van der Waals surface area contributed by atoms with E-state index in [9.17, 15) is 23.5 Å². The molecule has 0 fully saturated rings. The van der Waals surface area contributed by atoms with Crippen LogP contribution in [-0.4, -0.2) is 56.5 Å². The van der Waals surface area contributed by atoms with Crippen molar-refractivity contribution in [2.24, 2.45) is 0 Å². The highest BCUT2D eigenvalue weighted by atomic mass is 32.1. The van der Waals surface area contributed by atoms with E-state index in [-0.39, 0.29) is 34.8 Å². The minimum Gasteiger partial charge on any atom is -0.503 e. The van der Waals surface area contributed by atoms with E-state index in [0.717, 1.165) is 23.5 Å². The van der Waals surface area contributed by atoms with Crippen molar-refractivity contribution in [1.29, 1.82) is 0 Å². The SMILES string of the molecule is COC[C@@H]1Cn2cc(-c3nnc(Cc4ccc(F)c(F)c4)s3)c(=O)c(O)c2C(=O)N1C(C)C. The molecule has 0 unspecified atom stereocenters. The highest BCUT2D eigenvalue weighted by Crippen LogP contribution is 2.30. The van der Waals surface area contributed by atoms with E-state index in [1.54, 1.807) is 16.6 Å². The molecule has 0 spiro atoms. The van der Waals surface area contributed by atoms with Gasteiger partial charge in [0.2, 0.25) is 5.43 Å². The Morgan fingerprint density at radius 1 is 1.24 bits per heavy atom. The Kier molecular flexibility index (Phi) is 6.26. The molecule has 8 nitrogen and oxygen atoms in total. The largest absolute Gasteiger partial charge is 0.503 e. The number of pyridine rings is 1. The maximum absolute atomic E-state index is 13.5. The average molecular weight is 477 g/mol.